The highest BCUT2D eigenvalue weighted by Gasteiger charge is 2.13. The third kappa shape index (κ3) is 3.70. The van der Waals surface area contributed by atoms with Crippen LogP contribution in [0.5, 0.6) is 5.75 Å². The number of hydrogen-bond donors (Lipinski definition) is 1. The Kier molecular flexibility index (Phi) is 6.04. The van der Waals surface area contributed by atoms with Crippen LogP contribution in [0.2, 0.25) is 0 Å². The fraction of sp³-hybridized carbons (Fsp3) is 0.444. The van der Waals surface area contributed by atoms with Crippen LogP contribution in [0.15, 0.2) is 30.3 Å². The summed E-state index contributed by atoms with van der Waals surface area (Å²) in [7, 11) is 3.45. The smallest absolute Gasteiger partial charge is 0.142 e. The quantitative estimate of drug-likeness (QED) is 0.760. The molecule has 0 unspecified atom stereocenters. The highest BCUT2D eigenvalue weighted by Crippen LogP contribution is 2.27. The predicted molar refractivity (Wildman–Crippen MR) is 90.0 cm³/mol. The van der Waals surface area contributed by atoms with Gasteiger partial charge in [-0.05, 0) is 50.6 Å². The van der Waals surface area contributed by atoms with E-state index in [1.165, 1.54) is 17.0 Å². The normalized spacial score (nSPS) is 10.9. The van der Waals surface area contributed by atoms with Crippen LogP contribution < -0.4 is 10.1 Å². The van der Waals surface area contributed by atoms with Crippen molar-refractivity contribution < 1.29 is 9.47 Å². The average Bonchev–Trinajstić information content (AvgIpc) is 2.81. The number of para-hydroxylation sites is 2. The van der Waals surface area contributed by atoms with Crippen LogP contribution in [-0.4, -0.2) is 31.9 Å². The van der Waals surface area contributed by atoms with Gasteiger partial charge < -0.3 is 19.4 Å². The highest BCUT2D eigenvalue weighted by atomic mass is 16.5. The van der Waals surface area contributed by atoms with Crippen molar-refractivity contribution in [2.75, 3.05) is 27.4 Å². The van der Waals surface area contributed by atoms with Gasteiger partial charge in [0.2, 0.25) is 0 Å². The summed E-state index contributed by atoms with van der Waals surface area (Å²) in [4.78, 5) is 0. The topological polar surface area (TPSA) is 35.4 Å². The molecule has 0 fully saturated rings. The number of hydrogen-bond acceptors (Lipinski definition) is 3. The number of rotatable bonds is 8. The maximum atomic E-state index is 5.49. The monoisotopic (exact) mass is 302 g/mol. The molecule has 0 amide bonds. The van der Waals surface area contributed by atoms with E-state index >= 15 is 0 Å². The second-order valence-corrected chi connectivity index (χ2v) is 5.43. The molecule has 0 spiro atoms. The van der Waals surface area contributed by atoms with Gasteiger partial charge in [0.25, 0.3) is 0 Å². The minimum atomic E-state index is 0.799. The van der Waals surface area contributed by atoms with Crippen molar-refractivity contribution >= 4 is 0 Å². The lowest BCUT2D eigenvalue weighted by atomic mass is 10.2. The van der Waals surface area contributed by atoms with Crippen molar-refractivity contribution in [3.8, 4) is 11.4 Å². The summed E-state index contributed by atoms with van der Waals surface area (Å²) >= 11 is 0. The molecule has 2 rings (SSSR count). The van der Waals surface area contributed by atoms with Gasteiger partial charge >= 0.3 is 0 Å². The van der Waals surface area contributed by atoms with E-state index < -0.39 is 0 Å². The van der Waals surface area contributed by atoms with Gasteiger partial charge in [-0.25, -0.2) is 0 Å². The molecule has 4 heteroatoms. The Morgan fingerprint density at radius 1 is 1.14 bits per heavy atom. The minimum Gasteiger partial charge on any atom is -0.495 e. The molecule has 4 nitrogen and oxygen atoms in total. The van der Waals surface area contributed by atoms with Crippen LogP contribution in [0.4, 0.5) is 0 Å². The summed E-state index contributed by atoms with van der Waals surface area (Å²) < 4.78 is 12.8. The number of benzene rings is 1. The average molecular weight is 302 g/mol. The zero-order valence-electron chi connectivity index (χ0n) is 14.0. The van der Waals surface area contributed by atoms with Crippen molar-refractivity contribution in [1.29, 1.82) is 0 Å². The zero-order chi connectivity index (χ0) is 15.9. The fourth-order valence-electron chi connectivity index (χ4n) is 2.76. The fourth-order valence-corrected chi connectivity index (χ4v) is 2.76. The van der Waals surface area contributed by atoms with Crippen LogP contribution in [0.1, 0.15) is 23.4 Å². The maximum Gasteiger partial charge on any atom is 0.142 e. The Morgan fingerprint density at radius 2 is 1.91 bits per heavy atom. The lowest BCUT2D eigenvalue weighted by Crippen LogP contribution is -2.16. The standard InChI is InChI=1S/C18H26N2O2/c1-14-12-16(13-19-10-7-11-21-3)15(2)20(14)17-8-5-6-9-18(17)22-4/h5-6,8-9,12,19H,7,10-11,13H2,1-4H3. The third-order valence-electron chi connectivity index (χ3n) is 3.88. The van der Waals surface area contributed by atoms with Crippen molar-refractivity contribution in [1.82, 2.24) is 9.88 Å². The molecule has 0 aliphatic heterocycles. The van der Waals surface area contributed by atoms with Gasteiger partial charge in [0.15, 0.2) is 0 Å². The van der Waals surface area contributed by atoms with E-state index in [1.54, 1.807) is 14.2 Å². The summed E-state index contributed by atoms with van der Waals surface area (Å²) in [5, 5.41) is 3.47. The van der Waals surface area contributed by atoms with Gasteiger partial charge in [0, 0.05) is 31.6 Å². The van der Waals surface area contributed by atoms with E-state index in [0.717, 1.165) is 37.6 Å². The molecule has 1 aromatic heterocycles. The highest BCUT2D eigenvalue weighted by molar-refractivity contribution is 5.50. The van der Waals surface area contributed by atoms with Crippen LogP contribution >= 0.6 is 0 Å². The lowest BCUT2D eigenvalue weighted by molar-refractivity contribution is 0.194. The Bertz CT molecular complexity index is 605. The van der Waals surface area contributed by atoms with Crippen molar-refractivity contribution in [2.24, 2.45) is 0 Å². The van der Waals surface area contributed by atoms with E-state index in [4.69, 9.17) is 9.47 Å². The molecule has 0 saturated carbocycles. The van der Waals surface area contributed by atoms with Gasteiger partial charge in [-0.3, -0.25) is 0 Å². The summed E-state index contributed by atoms with van der Waals surface area (Å²) in [6.45, 7) is 6.93. The molecule has 120 valence electrons. The molecule has 0 saturated heterocycles. The van der Waals surface area contributed by atoms with Crippen molar-refractivity contribution in [2.45, 2.75) is 26.8 Å². The molecule has 0 aliphatic rings. The van der Waals surface area contributed by atoms with Crippen molar-refractivity contribution in [3.05, 3.63) is 47.3 Å². The summed E-state index contributed by atoms with van der Waals surface area (Å²) in [6.07, 6.45) is 1.03. The first-order valence-electron chi connectivity index (χ1n) is 7.70. The first-order chi connectivity index (χ1) is 10.7. The number of nitrogens with one attached hydrogen (secondary N) is 1. The summed E-state index contributed by atoms with van der Waals surface area (Å²) in [5.74, 6) is 0.893. The first-order valence-corrected chi connectivity index (χ1v) is 7.70. The molecule has 0 atom stereocenters. The SMILES string of the molecule is COCCCNCc1cc(C)n(-c2ccccc2OC)c1C. The minimum absolute atomic E-state index is 0.799. The maximum absolute atomic E-state index is 5.49. The van der Waals surface area contributed by atoms with E-state index in [-0.39, 0.29) is 0 Å². The predicted octanol–water partition coefficient (Wildman–Crippen LogP) is 3.23. The number of methoxy groups -OCH3 is 2. The van der Waals surface area contributed by atoms with Crippen LogP contribution in [0.3, 0.4) is 0 Å². The Morgan fingerprint density at radius 3 is 2.64 bits per heavy atom. The molecule has 0 bridgehead atoms. The number of nitrogens with zero attached hydrogens (tertiary/aromatic N) is 1. The molecule has 0 aliphatic carbocycles. The second kappa shape index (κ2) is 8.01. The third-order valence-corrected chi connectivity index (χ3v) is 3.88. The van der Waals surface area contributed by atoms with Gasteiger partial charge in [0.1, 0.15) is 5.75 Å². The zero-order valence-corrected chi connectivity index (χ0v) is 14.0. The first kappa shape index (κ1) is 16.6. The van der Waals surface area contributed by atoms with Crippen molar-refractivity contribution in [3.63, 3.8) is 0 Å². The second-order valence-electron chi connectivity index (χ2n) is 5.43. The number of aromatic nitrogens is 1. The van der Waals surface area contributed by atoms with E-state index in [9.17, 15) is 0 Å². The van der Waals surface area contributed by atoms with Crippen LogP contribution in [0.25, 0.3) is 5.69 Å². The van der Waals surface area contributed by atoms with E-state index in [2.05, 4.69) is 35.9 Å². The van der Waals surface area contributed by atoms with E-state index in [0.29, 0.717) is 0 Å². The number of aryl methyl sites for hydroxylation is 1. The molecule has 2 aromatic rings. The molecule has 1 heterocycles. The molecule has 1 aromatic carbocycles. The van der Waals surface area contributed by atoms with Gasteiger partial charge in [0.05, 0.1) is 12.8 Å². The van der Waals surface area contributed by atoms with Crippen LogP contribution in [-0.2, 0) is 11.3 Å². The molecular weight excluding hydrogens is 276 g/mol. The van der Waals surface area contributed by atoms with Gasteiger partial charge in [-0.2, -0.15) is 0 Å². The molecular formula is C18H26N2O2. The Hall–Kier alpha value is -1.78. The van der Waals surface area contributed by atoms with Gasteiger partial charge in [-0.15, -0.1) is 0 Å². The molecule has 0 radical (unpaired) electrons. The van der Waals surface area contributed by atoms with Crippen LogP contribution in [0, 0.1) is 13.8 Å². The largest absolute Gasteiger partial charge is 0.495 e. The summed E-state index contributed by atoms with van der Waals surface area (Å²) in [5.41, 5.74) is 4.88. The summed E-state index contributed by atoms with van der Waals surface area (Å²) in [6, 6.07) is 10.4. The Labute approximate surface area is 133 Å². The number of ether oxygens (including phenoxy) is 2. The van der Waals surface area contributed by atoms with E-state index in [1.807, 2.05) is 18.2 Å². The molecule has 22 heavy (non-hydrogen) atoms. The molecule has 1 N–H and O–H groups in total. The Balaban J connectivity index is 2.17. The van der Waals surface area contributed by atoms with Gasteiger partial charge in [-0.1, -0.05) is 12.1 Å². The lowest BCUT2D eigenvalue weighted by Gasteiger charge is -2.14.